The van der Waals surface area contributed by atoms with Crippen LogP contribution in [0, 0.1) is 11.8 Å². The molecule has 0 bridgehead atoms. The van der Waals surface area contributed by atoms with Crippen molar-refractivity contribution < 1.29 is 0 Å². The Morgan fingerprint density at radius 2 is 1.65 bits per heavy atom. The third-order valence-corrected chi connectivity index (χ3v) is 4.59. The normalized spacial score (nSPS) is 19.8. The molecule has 1 fully saturated rings. The van der Waals surface area contributed by atoms with Crippen LogP contribution in [0.25, 0.3) is 0 Å². The molecule has 1 nitrogen and oxygen atoms in total. The Morgan fingerprint density at radius 1 is 1.00 bits per heavy atom. The summed E-state index contributed by atoms with van der Waals surface area (Å²) in [6, 6.07) is 0.785. The van der Waals surface area contributed by atoms with Crippen molar-refractivity contribution in [3.05, 3.63) is 0 Å². The molecule has 0 radical (unpaired) electrons. The van der Waals surface area contributed by atoms with E-state index in [1.807, 2.05) is 0 Å². The topological polar surface area (TPSA) is 12.0 Å². The Morgan fingerprint density at radius 3 is 2.18 bits per heavy atom. The Bertz CT molecular complexity index is 168. The first kappa shape index (κ1) is 15.0. The number of hydrogen-bond donors (Lipinski definition) is 1. The summed E-state index contributed by atoms with van der Waals surface area (Å²) in [6.45, 7) is 8.19. The minimum absolute atomic E-state index is 0.785. The minimum atomic E-state index is 0.785. The second-order valence-corrected chi connectivity index (χ2v) is 5.88. The summed E-state index contributed by atoms with van der Waals surface area (Å²) in [5, 5.41) is 3.82. The van der Waals surface area contributed by atoms with Gasteiger partial charge >= 0.3 is 0 Å². The molecule has 0 aromatic rings. The number of nitrogens with one attached hydrogen (secondary N) is 1. The van der Waals surface area contributed by atoms with Gasteiger partial charge in [-0.2, -0.15) is 0 Å². The molecule has 0 aromatic heterocycles. The summed E-state index contributed by atoms with van der Waals surface area (Å²) in [6.07, 6.45) is 12.8. The minimum Gasteiger partial charge on any atom is -0.314 e. The van der Waals surface area contributed by atoms with E-state index in [0.717, 1.165) is 17.9 Å². The van der Waals surface area contributed by atoms with Crippen LogP contribution in [0.4, 0.5) is 0 Å². The zero-order valence-corrected chi connectivity index (χ0v) is 12.3. The summed E-state index contributed by atoms with van der Waals surface area (Å²) in [5.74, 6) is 1.90. The van der Waals surface area contributed by atoms with Crippen molar-refractivity contribution in [2.75, 3.05) is 6.54 Å². The summed E-state index contributed by atoms with van der Waals surface area (Å²) < 4.78 is 0. The van der Waals surface area contributed by atoms with Crippen molar-refractivity contribution >= 4 is 0 Å². The molecule has 102 valence electrons. The van der Waals surface area contributed by atoms with Crippen molar-refractivity contribution in [3.63, 3.8) is 0 Å². The van der Waals surface area contributed by atoms with Gasteiger partial charge in [0.2, 0.25) is 0 Å². The molecule has 1 N–H and O–H groups in total. The van der Waals surface area contributed by atoms with Gasteiger partial charge in [-0.1, -0.05) is 65.7 Å². The lowest BCUT2D eigenvalue weighted by Crippen LogP contribution is -2.38. The van der Waals surface area contributed by atoms with E-state index in [1.54, 1.807) is 0 Å². The van der Waals surface area contributed by atoms with Gasteiger partial charge in [-0.3, -0.25) is 0 Å². The summed E-state index contributed by atoms with van der Waals surface area (Å²) >= 11 is 0. The van der Waals surface area contributed by atoms with Gasteiger partial charge in [-0.25, -0.2) is 0 Å². The van der Waals surface area contributed by atoms with E-state index in [4.69, 9.17) is 0 Å². The fourth-order valence-corrected chi connectivity index (χ4v) is 3.41. The highest BCUT2D eigenvalue weighted by atomic mass is 14.9. The highest BCUT2D eigenvalue weighted by Crippen LogP contribution is 2.30. The monoisotopic (exact) mass is 239 g/mol. The van der Waals surface area contributed by atoms with E-state index < -0.39 is 0 Å². The second kappa shape index (κ2) is 8.97. The molecule has 1 rings (SSSR count). The van der Waals surface area contributed by atoms with Gasteiger partial charge in [0.15, 0.2) is 0 Å². The Labute approximate surface area is 109 Å². The molecular weight excluding hydrogens is 206 g/mol. The first-order valence-electron chi connectivity index (χ1n) is 8.05. The lowest BCUT2D eigenvalue weighted by Gasteiger charge is -2.32. The first-order valence-corrected chi connectivity index (χ1v) is 8.05. The molecule has 0 amide bonds. The Hall–Kier alpha value is -0.0400. The zero-order chi connectivity index (χ0) is 12.5. The number of hydrogen-bond acceptors (Lipinski definition) is 1. The van der Waals surface area contributed by atoms with Crippen molar-refractivity contribution in [1.82, 2.24) is 5.32 Å². The third-order valence-electron chi connectivity index (χ3n) is 4.59. The zero-order valence-electron chi connectivity index (χ0n) is 12.3. The highest BCUT2D eigenvalue weighted by molar-refractivity contribution is 4.79. The molecule has 0 spiro atoms. The average Bonchev–Trinajstić information content (AvgIpc) is 2.38. The van der Waals surface area contributed by atoms with Crippen LogP contribution in [-0.2, 0) is 0 Å². The lowest BCUT2D eigenvalue weighted by atomic mass is 9.80. The molecular formula is C16H33N. The van der Waals surface area contributed by atoms with Crippen LogP contribution >= 0.6 is 0 Å². The third kappa shape index (κ3) is 5.42. The van der Waals surface area contributed by atoms with E-state index in [1.165, 1.54) is 64.3 Å². The van der Waals surface area contributed by atoms with Crippen LogP contribution in [0.5, 0.6) is 0 Å². The molecule has 1 saturated carbocycles. The van der Waals surface area contributed by atoms with Gasteiger partial charge in [0.05, 0.1) is 0 Å². The standard InChI is InChI=1S/C16H33N/c1-4-12-17-16(15(5-2)6-3)13-14-10-8-7-9-11-14/h14-17H,4-13H2,1-3H3. The molecule has 1 aliphatic rings. The molecule has 1 atom stereocenters. The average molecular weight is 239 g/mol. The van der Waals surface area contributed by atoms with Crippen molar-refractivity contribution in [2.45, 2.75) is 84.6 Å². The van der Waals surface area contributed by atoms with Gasteiger partial charge in [0.25, 0.3) is 0 Å². The smallest absolute Gasteiger partial charge is 0.00977 e. The Balaban J connectivity index is 2.42. The molecule has 1 aliphatic carbocycles. The predicted octanol–water partition coefficient (Wildman–Crippen LogP) is 4.76. The molecule has 0 aliphatic heterocycles. The van der Waals surface area contributed by atoms with Crippen LogP contribution in [-0.4, -0.2) is 12.6 Å². The van der Waals surface area contributed by atoms with Gasteiger partial charge in [0, 0.05) is 6.04 Å². The van der Waals surface area contributed by atoms with Gasteiger partial charge in [0.1, 0.15) is 0 Å². The van der Waals surface area contributed by atoms with E-state index in [-0.39, 0.29) is 0 Å². The predicted molar refractivity (Wildman–Crippen MR) is 77.3 cm³/mol. The van der Waals surface area contributed by atoms with Crippen LogP contribution in [0.3, 0.4) is 0 Å². The summed E-state index contributed by atoms with van der Waals surface area (Å²) in [5.41, 5.74) is 0. The quantitative estimate of drug-likeness (QED) is 0.644. The van der Waals surface area contributed by atoms with Gasteiger partial charge in [-0.05, 0) is 31.2 Å². The van der Waals surface area contributed by atoms with Crippen molar-refractivity contribution in [2.24, 2.45) is 11.8 Å². The Kier molecular flexibility index (Phi) is 7.92. The van der Waals surface area contributed by atoms with Gasteiger partial charge in [-0.15, -0.1) is 0 Å². The lowest BCUT2D eigenvalue weighted by molar-refractivity contribution is 0.241. The van der Waals surface area contributed by atoms with Gasteiger partial charge < -0.3 is 5.32 Å². The molecule has 0 heterocycles. The van der Waals surface area contributed by atoms with E-state index in [9.17, 15) is 0 Å². The maximum Gasteiger partial charge on any atom is 0.00977 e. The summed E-state index contributed by atoms with van der Waals surface area (Å²) in [4.78, 5) is 0. The largest absolute Gasteiger partial charge is 0.314 e. The van der Waals surface area contributed by atoms with Crippen LogP contribution in [0.1, 0.15) is 78.6 Å². The SMILES string of the molecule is CCCNC(CC1CCCCC1)C(CC)CC. The van der Waals surface area contributed by atoms with Crippen LogP contribution < -0.4 is 5.32 Å². The fraction of sp³-hybridized carbons (Fsp3) is 1.00. The fourth-order valence-electron chi connectivity index (χ4n) is 3.41. The maximum absolute atomic E-state index is 3.82. The van der Waals surface area contributed by atoms with Crippen LogP contribution in [0.2, 0.25) is 0 Å². The molecule has 1 unspecified atom stereocenters. The highest BCUT2D eigenvalue weighted by Gasteiger charge is 2.23. The second-order valence-electron chi connectivity index (χ2n) is 5.88. The molecule has 17 heavy (non-hydrogen) atoms. The molecule has 1 heteroatoms. The van der Waals surface area contributed by atoms with Crippen LogP contribution in [0.15, 0.2) is 0 Å². The number of rotatable bonds is 8. The maximum atomic E-state index is 3.82. The first-order chi connectivity index (χ1) is 8.31. The molecule has 0 saturated heterocycles. The molecule has 0 aromatic carbocycles. The van der Waals surface area contributed by atoms with E-state index in [2.05, 4.69) is 26.1 Å². The van der Waals surface area contributed by atoms with E-state index in [0.29, 0.717) is 0 Å². The van der Waals surface area contributed by atoms with Crippen molar-refractivity contribution in [1.29, 1.82) is 0 Å². The van der Waals surface area contributed by atoms with Crippen molar-refractivity contribution in [3.8, 4) is 0 Å². The van der Waals surface area contributed by atoms with E-state index >= 15 is 0 Å². The summed E-state index contributed by atoms with van der Waals surface area (Å²) in [7, 11) is 0.